The van der Waals surface area contributed by atoms with Gasteiger partial charge >= 0.3 is 6.18 Å². The number of hydrogen-bond acceptors (Lipinski definition) is 2. The molecular formula is C15H13ClF3NO. The van der Waals surface area contributed by atoms with Crippen LogP contribution in [0.5, 0.6) is 5.75 Å². The highest BCUT2D eigenvalue weighted by atomic mass is 35.5. The molecule has 0 unspecified atom stereocenters. The number of halogens is 4. The van der Waals surface area contributed by atoms with Gasteiger partial charge < -0.3 is 10.1 Å². The number of hydrogen-bond donors (Lipinski definition) is 1. The minimum absolute atomic E-state index is 0.155. The van der Waals surface area contributed by atoms with Gasteiger partial charge in [-0.25, -0.2) is 0 Å². The third-order valence-corrected chi connectivity index (χ3v) is 3.07. The van der Waals surface area contributed by atoms with Gasteiger partial charge in [0.25, 0.3) is 0 Å². The third kappa shape index (κ3) is 4.86. The zero-order valence-electron chi connectivity index (χ0n) is 11.0. The van der Waals surface area contributed by atoms with E-state index in [2.05, 4.69) is 5.32 Å². The molecule has 2 nitrogen and oxygen atoms in total. The number of ether oxygens (including phenoxy) is 1. The van der Waals surface area contributed by atoms with Crippen molar-refractivity contribution in [1.82, 2.24) is 0 Å². The van der Waals surface area contributed by atoms with Crippen molar-refractivity contribution in [3.8, 4) is 5.75 Å². The topological polar surface area (TPSA) is 21.3 Å². The van der Waals surface area contributed by atoms with Crippen molar-refractivity contribution in [3.63, 3.8) is 0 Å². The lowest BCUT2D eigenvalue weighted by Crippen LogP contribution is -2.19. The first-order valence-corrected chi connectivity index (χ1v) is 6.59. The van der Waals surface area contributed by atoms with Crippen LogP contribution in [0, 0.1) is 0 Å². The van der Waals surface area contributed by atoms with Crippen LogP contribution in [0.25, 0.3) is 0 Å². The molecule has 1 N–H and O–H groups in total. The predicted molar refractivity (Wildman–Crippen MR) is 76.8 cm³/mol. The summed E-state index contributed by atoms with van der Waals surface area (Å²) in [4.78, 5) is 0. The van der Waals surface area contributed by atoms with Gasteiger partial charge in [-0.2, -0.15) is 13.2 Å². The molecule has 0 aliphatic heterocycles. The minimum Gasteiger partial charge on any atom is -0.482 e. The van der Waals surface area contributed by atoms with E-state index in [-0.39, 0.29) is 5.75 Å². The average molecular weight is 316 g/mol. The second-order valence-corrected chi connectivity index (χ2v) is 4.75. The number of anilines is 1. The zero-order valence-corrected chi connectivity index (χ0v) is 11.7. The summed E-state index contributed by atoms with van der Waals surface area (Å²) in [6, 6.07) is 13.7. The maximum atomic E-state index is 12.2. The quantitative estimate of drug-likeness (QED) is 0.848. The smallest absolute Gasteiger partial charge is 0.422 e. The van der Waals surface area contributed by atoms with Crippen LogP contribution in [0.1, 0.15) is 5.56 Å². The average Bonchev–Trinajstić information content (AvgIpc) is 2.44. The second-order valence-electron chi connectivity index (χ2n) is 4.34. The minimum atomic E-state index is -4.37. The van der Waals surface area contributed by atoms with Crippen LogP contribution < -0.4 is 10.1 Å². The highest BCUT2D eigenvalue weighted by molar-refractivity contribution is 6.31. The lowest BCUT2D eigenvalue weighted by Gasteiger charge is -2.14. The molecule has 0 radical (unpaired) electrons. The number of benzene rings is 2. The summed E-state index contributed by atoms with van der Waals surface area (Å²) >= 11 is 6.03. The van der Waals surface area contributed by atoms with Crippen molar-refractivity contribution in [3.05, 3.63) is 59.1 Å². The molecule has 0 amide bonds. The van der Waals surface area contributed by atoms with Gasteiger partial charge in [0.15, 0.2) is 6.61 Å². The molecule has 6 heteroatoms. The van der Waals surface area contributed by atoms with E-state index < -0.39 is 12.8 Å². The first kappa shape index (κ1) is 15.5. The molecule has 0 bridgehead atoms. The van der Waals surface area contributed by atoms with E-state index in [0.717, 1.165) is 5.56 Å². The molecule has 0 spiro atoms. The Morgan fingerprint density at radius 3 is 2.38 bits per heavy atom. The Labute approximate surface area is 125 Å². The lowest BCUT2D eigenvalue weighted by molar-refractivity contribution is -0.153. The molecule has 112 valence electrons. The van der Waals surface area contributed by atoms with E-state index in [9.17, 15) is 13.2 Å². The van der Waals surface area contributed by atoms with Crippen LogP contribution in [0.4, 0.5) is 18.9 Å². The maximum Gasteiger partial charge on any atom is 0.422 e. The van der Waals surface area contributed by atoms with Crippen LogP contribution in [-0.2, 0) is 6.54 Å². The van der Waals surface area contributed by atoms with Gasteiger partial charge in [-0.3, -0.25) is 0 Å². The first-order valence-electron chi connectivity index (χ1n) is 6.21. The summed E-state index contributed by atoms with van der Waals surface area (Å²) in [5.74, 6) is 0.155. The van der Waals surface area contributed by atoms with Crippen molar-refractivity contribution < 1.29 is 17.9 Å². The van der Waals surface area contributed by atoms with Gasteiger partial charge in [-0.15, -0.1) is 0 Å². The lowest BCUT2D eigenvalue weighted by atomic mass is 10.2. The number of para-hydroxylation sites is 2. The second kappa shape index (κ2) is 6.72. The molecular weight excluding hydrogens is 303 g/mol. The molecule has 0 aromatic heterocycles. The molecule has 0 aliphatic rings. The number of alkyl halides is 3. The van der Waals surface area contributed by atoms with Gasteiger partial charge in [0.05, 0.1) is 5.69 Å². The van der Waals surface area contributed by atoms with Crippen LogP contribution in [0.15, 0.2) is 48.5 Å². The van der Waals surface area contributed by atoms with Gasteiger partial charge in [0.1, 0.15) is 5.75 Å². The van der Waals surface area contributed by atoms with Crippen molar-refractivity contribution in [2.24, 2.45) is 0 Å². The van der Waals surface area contributed by atoms with E-state index in [1.54, 1.807) is 24.3 Å². The van der Waals surface area contributed by atoms with E-state index in [1.807, 2.05) is 18.2 Å². The van der Waals surface area contributed by atoms with Crippen molar-refractivity contribution in [1.29, 1.82) is 0 Å². The summed E-state index contributed by atoms with van der Waals surface area (Å²) in [7, 11) is 0. The molecule has 0 fully saturated rings. The summed E-state index contributed by atoms with van der Waals surface area (Å²) in [6.07, 6.45) is -4.37. The van der Waals surface area contributed by atoms with E-state index in [4.69, 9.17) is 16.3 Å². The van der Waals surface area contributed by atoms with Crippen LogP contribution in [0.3, 0.4) is 0 Å². The Bertz CT molecular complexity index is 601. The van der Waals surface area contributed by atoms with E-state index in [0.29, 0.717) is 17.3 Å². The van der Waals surface area contributed by atoms with Gasteiger partial charge in [0, 0.05) is 11.6 Å². The Kier molecular flexibility index (Phi) is 4.96. The Balaban J connectivity index is 2.05. The van der Waals surface area contributed by atoms with Crippen molar-refractivity contribution >= 4 is 17.3 Å². The third-order valence-electron chi connectivity index (χ3n) is 2.71. The fourth-order valence-corrected chi connectivity index (χ4v) is 1.93. The summed E-state index contributed by atoms with van der Waals surface area (Å²) in [6.45, 7) is -0.927. The number of nitrogens with one attached hydrogen (secondary N) is 1. The summed E-state index contributed by atoms with van der Waals surface area (Å²) in [5, 5.41) is 3.63. The van der Waals surface area contributed by atoms with Gasteiger partial charge in [-0.1, -0.05) is 41.9 Å². The summed E-state index contributed by atoms with van der Waals surface area (Å²) in [5.41, 5.74) is 1.34. The van der Waals surface area contributed by atoms with E-state index >= 15 is 0 Å². The molecule has 0 heterocycles. The largest absolute Gasteiger partial charge is 0.482 e. The first-order chi connectivity index (χ1) is 9.96. The molecule has 2 rings (SSSR count). The highest BCUT2D eigenvalue weighted by Crippen LogP contribution is 2.27. The zero-order chi connectivity index (χ0) is 15.3. The monoisotopic (exact) mass is 315 g/mol. The Hall–Kier alpha value is -1.88. The molecule has 0 atom stereocenters. The molecule has 21 heavy (non-hydrogen) atoms. The van der Waals surface area contributed by atoms with Crippen LogP contribution >= 0.6 is 11.6 Å². The summed E-state index contributed by atoms with van der Waals surface area (Å²) < 4.78 is 41.4. The fraction of sp³-hybridized carbons (Fsp3) is 0.200. The van der Waals surface area contributed by atoms with Crippen LogP contribution in [-0.4, -0.2) is 12.8 Å². The normalized spacial score (nSPS) is 11.2. The molecule has 0 aliphatic carbocycles. The maximum absolute atomic E-state index is 12.2. The van der Waals surface area contributed by atoms with Crippen molar-refractivity contribution in [2.45, 2.75) is 12.7 Å². The predicted octanol–water partition coefficient (Wildman–Crippen LogP) is 4.89. The highest BCUT2D eigenvalue weighted by Gasteiger charge is 2.28. The SMILES string of the molecule is FC(F)(F)COc1ccccc1NCc1ccccc1Cl. The standard InChI is InChI=1S/C15H13ClF3NO/c16-12-6-2-1-5-11(12)9-20-13-7-3-4-8-14(13)21-10-15(17,18)19/h1-8,20H,9-10H2. The molecule has 0 saturated carbocycles. The molecule has 2 aromatic carbocycles. The van der Waals surface area contributed by atoms with Gasteiger partial charge in [0.2, 0.25) is 0 Å². The van der Waals surface area contributed by atoms with Crippen molar-refractivity contribution in [2.75, 3.05) is 11.9 Å². The molecule has 0 saturated heterocycles. The van der Waals surface area contributed by atoms with E-state index in [1.165, 1.54) is 6.07 Å². The Morgan fingerprint density at radius 2 is 1.67 bits per heavy atom. The Morgan fingerprint density at radius 1 is 1.00 bits per heavy atom. The molecule has 2 aromatic rings. The fourth-order valence-electron chi connectivity index (χ4n) is 1.73. The van der Waals surface area contributed by atoms with Crippen LogP contribution in [0.2, 0.25) is 5.02 Å². The van der Waals surface area contributed by atoms with Gasteiger partial charge in [-0.05, 0) is 23.8 Å². The number of rotatable bonds is 5.